The van der Waals surface area contributed by atoms with E-state index in [0.717, 1.165) is 36.9 Å². The molecule has 1 aromatic heterocycles. The van der Waals surface area contributed by atoms with Crippen molar-refractivity contribution in [2.45, 2.75) is 62.8 Å². The van der Waals surface area contributed by atoms with Gasteiger partial charge in [0.1, 0.15) is 0 Å². The smallest absolute Gasteiger partial charge is 0.241 e. The lowest BCUT2D eigenvalue weighted by molar-refractivity contribution is -0.116. The second kappa shape index (κ2) is 6.97. The summed E-state index contributed by atoms with van der Waals surface area (Å²) in [4.78, 5) is 18.0. The molecular formula is C19H24N4O4S. The molecule has 0 saturated heterocycles. The molecule has 4 rings (SSSR count). The van der Waals surface area contributed by atoms with Crippen LogP contribution in [0, 0.1) is 6.92 Å². The van der Waals surface area contributed by atoms with Crippen molar-refractivity contribution in [2.24, 2.45) is 0 Å². The molecule has 1 aliphatic carbocycles. The van der Waals surface area contributed by atoms with E-state index in [2.05, 4.69) is 14.9 Å². The number of nitrogens with zero attached hydrogens (tertiary/aromatic N) is 3. The Morgan fingerprint density at radius 1 is 1.25 bits per heavy atom. The first-order valence-corrected chi connectivity index (χ1v) is 11.0. The number of carbonyl (C=O) groups excluding carboxylic acids is 1. The normalized spacial score (nSPS) is 18.9. The topological polar surface area (TPSA) is 105 Å². The average Bonchev–Trinajstić information content (AvgIpc) is 3.30. The van der Waals surface area contributed by atoms with Gasteiger partial charge in [0, 0.05) is 26.1 Å². The van der Waals surface area contributed by atoms with E-state index in [-0.39, 0.29) is 10.8 Å². The lowest BCUT2D eigenvalue weighted by atomic mass is 9.98. The highest BCUT2D eigenvalue weighted by atomic mass is 32.2. The summed E-state index contributed by atoms with van der Waals surface area (Å²) in [6.07, 6.45) is 4.62. The van der Waals surface area contributed by atoms with Crippen molar-refractivity contribution in [1.29, 1.82) is 0 Å². The number of anilines is 1. The summed E-state index contributed by atoms with van der Waals surface area (Å²) in [5.74, 6) is 0.775. The Balaban J connectivity index is 1.68. The summed E-state index contributed by atoms with van der Waals surface area (Å²) in [7, 11) is -3.79. The highest BCUT2D eigenvalue weighted by Gasteiger charge is 2.43. The number of rotatable bonds is 4. The Bertz CT molecular complexity index is 1010. The molecule has 1 aliphatic heterocycles. The number of benzene rings is 1. The lowest BCUT2D eigenvalue weighted by Crippen LogP contribution is -2.44. The molecule has 2 aromatic rings. The number of fused-ring (bicyclic) bond motifs is 1. The maximum atomic E-state index is 13.2. The molecule has 0 atom stereocenters. The Labute approximate surface area is 164 Å². The first-order chi connectivity index (χ1) is 13.3. The zero-order chi connectivity index (χ0) is 19.9. The summed E-state index contributed by atoms with van der Waals surface area (Å²) >= 11 is 0. The van der Waals surface area contributed by atoms with Gasteiger partial charge in [0.2, 0.25) is 21.8 Å². The molecule has 1 amide bonds. The zero-order valence-corrected chi connectivity index (χ0v) is 16.9. The van der Waals surface area contributed by atoms with E-state index in [1.807, 2.05) is 0 Å². The third kappa shape index (κ3) is 3.33. The molecule has 2 heterocycles. The number of aromatic nitrogens is 2. The Morgan fingerprint density at radius 2 is 2.00 bits per heavy atom. The van der Waals surface area contributed by atoms with Crippen LogP contribution in [0.3, 0.4) is 0 Å². The fraction of sp³-hybridized carbons (Fsp3) is 0.526. The largest absolute Gasteiger partial charge is 0.340 e. The van der Waals surface area contributed by atoms with Crippen molar-refractivity contribution in [1.82, 2.24) is 14.9 Å². The fourth-order valence-electron chi connectivity index (χ4n) is 4.23. The predicted octanol–water partition coefficient (Wildman–Crippen LogP) is 2.42. The van der Waals surface area contributed by atoms with Gasteiger partial charge in [0.15, 0.2) is 5.82 Å². The van der Waals surface area contributed by atoms with Crippen molar-refractivity contribution >= 4 is 21.6 Å². The zero-order valence-electron chi connectivity index (χ0n) is 16.1. The lowest BCUT2D eigenvalue weighted by Gasteiger charge is -2.30. The van der Waals surface area contributed by atoms with Gasteiger partial charge < -0.3 is 9.42 Å². The molecule has 2 aliphatic rings. The molecule has 1 fully saturated rings. The molecule has 0 radical (unpaired) electrons. The van der Waals surface area contributed by atoms with Crippen LogP contribution in [-0.2, 0) is 26.8 Å². The highest BCUT2D eigenvalue weighted by molar-refractivity contribution is 7.89. The van der Waals surface area contributed by atoms with Crippen LogP contribution in [-0.4, -0.2) is 31.0 Å². The molecule has 1 saturated carbocycles. The summed E-state index contributed by atoms with van der Waals surface area (Å²) in [6, 6.07) is 4.97. The Morgan fingerprint density at radius 3 is 2.64 bits per heavy atom. The van der Waals surface area contributed by atoms with Crippen LogP contribution in [0.15, 0.2) is 27.6 Å². The monoisotopic (exact) mass is 404 g/mol. The number of hydrogen-bond acceptors (Lipinski definition) is 6. The minimum Gasteiger partial charge on any atom is -0.340 e. The number of amides is 1. The van der Waals surface area contributed by atoms with Crippen molar-refractivity contribution < 1.29 is 17.7 Å². The highest BCUT2D eigenvalue weighted by Crippen LogP contribution is 2.39. The molecule has 1 N–H and O–H groups in total. The van der Waals surface area contributed by atoms with Gasteiger partial charge in [-0.25, -0.2) is 8.42 Å². The van der Waals surface area contributed by atoms with Gasteiger partial charge in [0.05, 0.1) is 10.4 Å². The van der Waals surface area contributed by atoms with Crippen LogP contribution < -0.4 is 9.62 Å². The van der Waals surface area contributed by atoms with Gasteiger partial charge in [-0.1, -0.05) is 18.0 Å². The van der Waals surface area contributed by atoms with Gasteiger partial charge in [0.25, 0.3) is 0 Å². The summed E-state index contributed by atoms with van der Waals surface area (Å²) in [5.41, 5.74) is 0.833. The van der Waals surface area contributed by atoms with E-state index in [9.17, 15) is 13.2 Å². The molecule has 0 spiro atoms. The third-order valence-electron chi connectivity index (χ3n) is 5.60. The SMILES string of the molecule is CC(=O)N1CCCc2cc(S(=O)(=O)NC3(c4noc(C)n4)CCCC3)ccc21. The van der Waals surface area contributed by atoms with E-state index in [0.29, 0.717) is 31.1 Å². The van der Waals surface area contributed by atoms with E-state index < -0.39 is 15.6 Å². The van der Waals surface area contributed by atoms with E-state index in [1.165, 1.54) is 6.92 Å². The van der Waals surface area contributed by atoms with Gasteiger partial charge >= 0.3 is 0 Å². The van der Waals surface area contributed by atoms with Gasteiger partial charge in [-0.15, -0.1) is 0 Å². The first-order valence-electron chi connectivity index (χ1n) is 9.57. The molecule has 0 unspecified atom stereocenters. The number of carbonyl (C=O) groups is 1. The number of nitrogens with one attached hydrogen (secondary N) is 1. The third-order valence-corrected chi connectivity index (χ3v) is 7.14. The van der Waals surface area contributed by atoms with Crippen LogP contribution in [0.25, 0.3) is 0 Å². The minimum absolute atomic E-state index is 0.0351. The van der Waals surface area contributed by atoms with E-state index >= 15 is 0 Å². The molecule has 1 aromatic carbocycles. The van der Waals surface area contributed by atoms with Crippen molar-refractivity contribution in [3.8, 4) is 0 Å². The van der Waals surface area contributed by atoms with Gasteiger partial charge in [-0.05, 0) is 49.4 Å². The average molecular weight is 404 g/mol. The molecule has 28 heavy (non-hydrogen) atoms. The molecule has 0 bridgehead atoms. The van der Waals surface area contributed by atoms with E-state index in [1.54, 1.807) is 30.0 Å². The quantitative estimate of drug-likeness (QED) is 0.839. The van der Waals surface area contributed by atoms with Crippen LogP contribution in [0.4, 0.5) is 5.69 Å². The standard InChI is InChI=1S/C19H24N4O4S/c1-13-20-18(21-27-13)19(9-3-4-10-19)22-28(25,26)16-7-8-17-15(12-16)6-5-11-23(17)14(2)24/h7-8,12,22H,3-6,9-11H2,1-2H3. The van der Waals surface area contributed by atoms with Crippen LogP contribution in [0.2, 0.25) is 0 Å². The maximum absolute atomic E-state index is 13.2. The summed E-state index contributed by atoms with van der Waals surface area (Å²) < 4.78 is 34.4. The predicted molar refractivity (Wildman–Crippen MR) is 102 cm³/mol. The van der Waals surface area contributed by atoms with Crippen LogP contribution >= 0.6 is 0 Å². The Kier molecular flexibility index (Phi) is 4.75. The van der Waals surface area contributed by atoms with Crippen molar-refractivity contribution in [3.05, 3.63) is 35.5 Å². The van der Waals surface area contributed by atoms with Crippen molar-refractivity contribution in [2.75, 3.05) is 11.4 Å². The molecule has 8 nitrogen and oxygen atoms in total. The molecule has 9 heteroatoms. The first kappa shape index (κ1) is 19.1. The second-order valence-corrected chi connectivity index (χ2v) is 9.28. The van der Waals surface area contributed by atoms with Crippen molar-refractivity contribution in [3.63, 3.8) is 0 Å². The van der Waals surface area contributed by atoms with Gasteiger partial charge in [-0.3, -0.25) is 4.79 Å². The molecule has 150 valence electrons. The number of aryl methyl sites for hydroxylation is 2. The van der Waals surface area contributed by atoms with Crippen LogP contribution in [0.1, 0.15) is 56.3 Å². The number of sulfonamides is 1. The summed E-state index contributed by atoms with van der Waals surface area (Å²) in [5, 5.41) is 3.99. The maximum Gasteiger partial charge on any atom is 0.241 e. The fourth-order valence-corrected chi connectivity index (χ4v) is 5.70. The van der Waals surface area contributed by atoms with Crippen LogP contribution in [0.5, 0.6) is 0 Å². The summed E-state index contributed by atoms with van der Waals surface area (Å²) in [6.45, 7) is 3.88. The second-order valence-electron chi connectivity index (χ2n) is 7.60. The van der Waals surface area contributed by atoms with E-state index in [4.69, 9.17) is 4.52 Å². The Hall–Kier alpha value is -2.26. The molecular weight excluding hydrogens is 380 g/mol. The number of hydrogen-bond donors (Lipinski definition) is 1. The van der Waals surface area contributed by atoms with Gasteiger partial charge in [-0.2, -0.15) is 9.71 Å². The minimum atomic E-state index is -3.79.